The molecule has 56 heavy (non-hydrogen) atoms. The minimum absolute atomic E-state index is 0.209. The average molecular weight is 805 g/mol. The average Bonchev–Trinajstić information content (AvgIpc) is 3.92. The zero-order chi connectivity index (χ0) is 40.5. The van der Waals surface area contributed by atoms with E-state index in [4.69, 9.17) is 0 Å². The smallest absolute Gasteiger partial charge is 0.205 e. The molecule has 0 spiro atoms. The molecule has 284 valence electrons. The van der Waals surface area contributed by atoms with E-state index in [1.807, 2.05) is 71.4 Å². The minimum Gasteiger partial charge on any atom is -0.299 e. The minimum atomic E-state index is -0.632. The van der Waals surface area contributed by atoms with Crippen molar-refractivity contribution in [3.05, 3.63) is 117 Å². The lowest BCUT2D eigenvalue weighted by Gasteiger charge is -2.16. The number of hydrogen-bond donors (Lipinski definition) is 0. The maximum Gasteiger partial charge on any atom is 0.205 e. The zero-order valence-corrected chi connectivity index (χ0v) is 33.3. The molecular formula is C44H36O9S3. The van der Waals surface area contributed by atoms with Gasteiger partial charge in [0.25, 0.3) is 0 Å². The van der Waals surface area contributed by atoms with Crippen molar-refractivity contribution in [1.82, 2.24) is 0 Å². The summed E-state index contributed by atoms with van der Waals surface area (Å²) < 4.78 is 2.13. The summed E-state index contributed by atoms with van der Waals surface area (Å²) in [7, 11) is 0. The first-order chi connectivity index (χ1) is 26.7. The topological polar surface area (TPSA) is 154 Å². The first-order valence-corrected chi connectivity index (χ1v) is 20.1. The van der Waals surface area contributed by atoms with E-state index >= 15 is 0 Å². The van der Waals surface area contributed by atoms with Gasteiger partial charge in [-0.1, -0.05) is 60.7 Å². The molecule has 9 nitrogen and oxygen atoms in total. The van der Waals surface area contributed by atoms with Gasteiger partial charge in [-0.15, -0.1) is 34.0 Å². The van der Waals surface area contributed by atoms with Crippen LogP contribution in [-0.4, -0.2) is 52.0 Å². The van der Waals surface area contributed by atoms with Crippen LogP contribution in [0.4, 0.5) is 0 Å². The number of carbonyl (C=O) groups excluding carboxylic acids is 9. The molecule has 0 N–H and O–H groups in total. The molecule has 3 aromatic heterocycles. The summed E-state index contributed by atoms with van der Waals surface area (Å²) in [5.41, 5.74) is 5.04. The number of carbonyl (C=O) groups is 9. The summed E-state index contributed by atoms with van der Waals surface area (Å²) in [5.74, 6) is -4.28. The molecule has 0 bridgehead atoms. The van der Waals surface area contributed by atoms with Crippen LogP contribution in [-0.2, 0) is 52.8 Å². The van der Waals surface area contributed by atoms with Crippen LogP contribution in [0.25, 0.3) is 30.6 Å². The SMILES string of the molecule is CC(=O)C(=O)CC(=O)Cc1csc2ccccc12.CC(=O)C(=O)CC(=O)c1cc2ccccc2s1.CC(=O)C(=O)CC(=O)c1csc2c1CCc1ccccc1-2. The van der Waals surface area contributed by atoms with E-state index in [9.17, 15) is 43.2 Å². The molecule has 6 aromatic rings. The van der Waals surface area contributed by atoms with Gasteiger partial charge in [0.1, 0.15) is 5.78 Å². The van der Waals surface area contributed by atoms with E-state index in [-0.39, 0.29) is 43.0 Å². The van der Waals surface area contributed by atoms with Gasteiger partial charge >= 0.3 is 0 Å². The van der Waals surface area contributed by atoms with E-state index in [0.717, 1.165) is 49.0 Å². The third-order valence-electron chi connectivity index (χ3n) is 8.93. The number of Topliss-reactive ketones (excluding diaryl/α,β-unsaturated/α-hetero) is 9. The second-order valence-corrected chi connectivity index (χ2v) is 15.9. The predicted octanol–water partition coefficient (Wildman–Crippen LogP) is 8.44. The Morgan fingerprint density at radius 1 is 0.589 bits per heavy atom. The highest BCUT2D eigenvalue weighted by Gasteiger charge is 2.25. The summed E-state index contributed by atoms with van der Waals surface area (Å²) >= 11 is 4.46. The summed E-state index contributed by atoms with van der Waals surface area (Å²) in [5, 5.41) is 5.78. The van der Waals surface area contributed by atoms with Gasteiger partial charge in [-0.2, -0.15) is 0 Å². The van der Waals surface area contributed by atoms with Gasteiger partial charge in [-0.05, 0) is 69.4 Å². The Hall–Kier alpha value is -5.69. The first-order valence-electron chi connectivity index (χ1n) is 17.5. The van der Waals surface area contributed by atoms with Crippen LogP contribution in [0.1, 0.15) is 76.8 Å². The lowest BCUT2D eigenvalue weighted by molar-refractivity contribution is -0.137. The van der Waals surface area contributed by atoms with Crippen molar-refractivity contribution >= 4 is 106 Å². The van der Waals surface area contributed by atoms with Crippen LogP contribution in [0, 0.1) is 0 Å². The predicted molar refractivity (Wildman–Crippen MR) is 219 cm³/mol. The molecule has 12 heteroatoms. The standard InChI is InChI=1S/C17H14O3S.C14H12O3S.C13H10O3S/c1-10(18)15(19)8-16(20)14-9-21-17-12-5-3-2-4-11(12)6-7-13(14)17;1-9(15)13(17)7-11(16)6-10-8-18-14-5-3-2-4-12(10)14;1-8(14)10(15)7-11(16)13-6-9-4-2-3-5-12(9)17-13/h2-5,9H,6-8H2,1H3;2-5,8H,6-7H2,1H3;2-6H,7H2,1H3. The highest BCUT2D eigenvalue weighted by Crippen LogP contribution is 2.40. The number of hydrogen-bond acceptors (Lipinski definition) is 12. The molecule has 3 heterocycles. The monoisotopic (exact) mass is 804 g/mol. The maximum atomic E-state index is 12.2. The first kappa shape index (κ1) is 41.5. The number of aryl methyl sites for hydroxylation is 1. The number of fused-ring (bicyclic) bond motifs is 5. The summed E-state index contributed by atoms with van der Waals surface area (Å²) in [6, 6.07) is 25.4. The van der Waals surface area contributed by atoms with Crippen LogP contribution < -0.4 is 0 Å². The number of rotatable bonds is 13. The number of ketones is 9. The number of benzene rings is 3. The Labute approximate surface area is 334 Å². The van der Waals surface area contributed by atoms with Gasteiger partial charge in [-0.25, -0.2) is 0 Å². The van der Waals surface area contributed by atoms with Crippen molar-refractivity contribution in [2.75, 3.05) is 0 Å². The van der Waals surface area contributed by atoms with Gasteiger partial charge in [0.05, 0.1) is 24.1 Å². The fourth-order valence-corrected chi connectivity index (χ4v) is 9.05. The van der Waals surface area contributed by atoms with Crippen molar-refractivity contribution in [1.29, 1.82) is 0 Å². The quantitative estimate of drug-likeness (QED) is 0.0636. The van der Waals surface area contributed by atoms with Crippen molar-refractivity contribution in [2.45, 2.75) is 59.3 Å². The fourth-order valence-electron chi connectivity index (χ4n) is 5.90. The van der Waals surface area contributed by atoms with Crippen molar-refractivity contribution in [3.8, 4) is 10.4 Å². The van der Waals surface area contributed by atoms with Crippen molar-refractivity contribution < 1.29 is 43.2 Å². The molecule has 1 aliphatic carbocycles. The Bertz CT molecular complexity index is 2510. The molecule has 0 amide bonds. The summed E-state index contributed by atoms with van der Waals surface area (Å²) in [6.07, 6.45) is 0.983. The largest absolute Gasteiger partial charge is 0.299 e. The van der Waals surface area contributed by atoms with Crippen molar-refractivity contribution in [2.24, 2.45) is 0 Å². The van der Waals surface area contributed by atoms with E-state index < -0.39 is 34.7 Å². The second-order valence-electron chi connectivity index (χ2n) is 13.1. The molecule has 0 saturated heterocycles. The molecule has 7 rings (SSSR count). The van der Waals surface area contributed by atoms with E-state index in [0.29, 0.717) is 10.4 Å². The fraction of sp³-hybridized carbons (Fsp3) is 0.205. The van der Waals surface area contributed by atoms with Crippen LogP contribution in [0.5, 0.6) is 0 Å². The van der Waals surface area contributed by atoms with Crippen LogP contribution in [0.15, 0.2) is 89.6 Å². The zero-order valence-electron chi connectivity index (χ0n) is 30.8. The number of thiophene rings is 3. The Morgan fingerprint density at radius 2 is 1.18 bits per heavy atom. The van der Waals surface area contributed by atoms with Gasteiger partial charge in [0.15, 0.2) is 28.9 Å². The molecular weight excluding hydrogens is 769 g/mol. The van der Waals surface area contributed by atoms with Gasteiger partial charge in [0, 0.05) is 52.4 Å². The van der Waals surface area contributed by atoms with E-state index in [1.54, 1.807) is 28.7 Å². The van der Waals surface area contributed by atoms with Crippen LogP contribution in [0.3, 0.4) is 0 Å². The Balaban J connectivity index is 0.000000162. The van der Waals surface area contributed by atoms with Gasteiger partial charge in [-0.3, -0.25) is 43.2 Å². The van der Waals surface area contributed by atoms with Gasteiger partial charge in [0.2, 0.25) is 17.3 Å². The molecule has 1 aliphatic rings. The molecule has 0 radical (unpaired) electrons. The highest BCUT2D eigenvalue weighted by molar-refractivity contribution is 7.21. The molecule has 0 saturated carbocycles. The van der Waals surface area contributed by atoms with Gasteiger partial charge < -0.3 is 0 Å². The third kappa shape index (κ3) is 10.3. The van der Waals surface area contributed by atoms with E-state index in [1.165, 1.54) is 43.2 Å². The maximum absolute atomic E-state index is 12.2. The summed E-state index contributed by atoms with van der Waals surface area (Å²) in [6.45, 7) is 3.57. The van der Waals surface area contributed by atoms with Crippen molar-refractivity contribution in [3.63, 3.8) is 0 Å². The highest BCUT2D eigenvalue weighted by atomic mass is 32.1. The molecule has 0 unspecified atom stereocenters. The normalized spacial score (nSPS) is 11.2. The molecule has 0 fully saturated rings. The second kappa shape index (κ2) is 18.8. The Kier molecular flexibility index (Phi) is 13.9. The Morgan fingerprint density at radius 3 is 1.86 bits per heavy atom. The molecule has 3 aromatic carbocycles. The third-order valence-corrected chi connectivity index (χ3v) is 12.2. The van der Waals surface area contributed by atoms with Crippen LogP contribution in [0.2, 0.25) is 0 Å². The summed E-state index contributed by atoms with van der Waals surface area (Å²) in [4.78, 5) is 104. The van der Waals surface area contributed by atoms with E-state index in [2.05, 4.69) is 12.1 Å². The molecule has 0 atom stereocenters. The van der Waals surface area contributed by atoms with Crippen LogP contribution >= 0.6 is 34.0 Å². The molecule has 0 aliphatic heterocycles. The lowest BCUT2D eigenvalue weighted by Crippen LogP contribution is -2.16. The lowest BCUT2D eigenvalue weighted by atomic mass is 9.88.